The zero-order valence-corrected chi connectivity index (χ0v) is 15.6. The van der Waals surface area contributed by atoms with E-state index in [1.54, 1.807) is 6.92 Å². The highest BCUT2D eigenvalue weighted by atomic mass is 32.2. The number of carbonyl (C=O) groups is 1. The lowest BCUT2D eigenvalue weighted by Crippen LogP contribution is -2.33. The number of amides is 1. The molecule has 0 aliphatic heterocycles. The van der Waals surface area contributed by atoms with Crippen LogP contribution in [-0.2, 0) is 14.6 Å². The molecule has 1 rings (SSSR count). The van der Waals surface area contributed by atoms with E-state index in [1.165, 1.54) is 0 Å². The Balaban J connectivity index is 3.80. The Morgan fingerprint density at radius 3 is 1.92 bits per heavy atom. The van der Waals surface area contributed by atoms with Crippen LogP contribution in [0.5, 0.6) is 0 Å². The zero-order valence-electron chi connectivity index (χ0n) is 14.8. The lowest BCUT2D eigenvalue weighted by molar-refractivity contribution is -0.393. The Kier molecular flexibility index (Phi) is 7.19. The smallest absolute Gasteiger partial charge is 0.301 e. The third-order valence-corrected chi connectivity index (χ3v) is 4.73. The van der Waals surface area contributed by atoms with Crippen LogP contribution in [0.4, 0.5) is 17.1 Å². The summed E-state index contributed by atoms with van der Waals surface area (Å²) in [6.07, 6.45) is 2.47. The standard InChI is InChI=1S/C15H21N3O7S/c1-4-6-8-16(14(19)7-5-2)15-12(17(20)21)9-11(26(3,24)25)10-13(15)18(22)23/h9-10H,4-8H2,1-3H3. The first-order chi connectivity index (χ1) is 12.0. The van der Waals surface area contributed by atoms with E-state index >= 15 is 0 Å². The SMILES string of the molecule is CCCCN(C(=O)CCC)c1c([N+](=O)[O-])cc(S(C)(=O)=O)cc1[N+](=O)[O-]. The molecule has 0 unspecified atom stereocenters. The van der Waals surface area contributed by atoms with Crippen molar-refractivity contribution in [3.8, 4) is 0 Å². The summed E-state index contributed by atoms with van der Waals surface area (Å²) in [5, 5.41) is 23.0. The fourth-order valence-electron chi connectivity index (χ4n) is 2.37. The van der Waals surface area contributed by atoms with Crippen LogP contribution >= 0.6 is 0 Å². The summed E-state index contributed by atoms with van der Waals surface area (Å²) in [5.74, 6) is -0.487. The van der Waals surface area contributed by atoms with Crippen molar-refractivity contribution in [3.05, 3.63) is 32.4 Å². The number of rotatable bonds is 9. The zero-order chi connectivity index (χ0) is 20.1. The van der Waals surface area contributed by atoms with E-state index in [1.807, 2.05) is 6.92 Å². The molecule has 0 heterocycles. The largest absolute Gasteiger partial charge is 0.301 e. The molecule has 0 aliphatic carbocycles. The first-order valence-electron chi connectivity index (χ1n) is 8.01. The van der Waals surface area contributed by atoms with Gasteiger partial charge in [-0.05, 0) is 12.8 Å². The van der Waals surface area contributed by atoms with E-state index in [0.717, 1.165) is 23.3 Å². The van der Waals surface area contributed by atoms with E-state index in [2.05, 4.69) is 0 Å². The quantitative estimate of drug-likeness (QED) is 0.468. The molecule has 1 amide bonds. The molecule has 1 aromatic carbocycles. The van der Waals surface area contributed by atoms with E-state index in [-0.39, 0.29) is 13.0 Å². The van der Waals surface area contributed by atoms with Gasteiger partial charge in [0.05, 0.1) is 14.7 Å². The molecule has 26 heavy (non-hydrogen) atoms. The number of hydrogen-bond donors (Lipinski definition) is 0. The van der Waals surface area contributed by atoms with Crippen molar-refractivity contribution < 1.29 is 23.1 Å². The van der Waals surface area contributed by atoms with Crippen molar-refractivity contribution in [2.24, 2.45) is 0 Å². The van der Waals surface area contributed by atoms with Crippen LogP contribution in [0, 0.1) is 20.2 Å². The number of hydrogen-bond acceptors (Lipinski definition) is 7. The molecule has 0 atom stereocenters. The molecular formula is C15H21N3O7S. The molecule has 0 saturated heterocycles. The first kappa shape index (κ1) is 21.5. The Labute approximate surface area is 151 Å². The summed E-state index contributed by atoms with van der Waals surface area (Å²) >= 11 is 0. The van der Waals surface area contributed by atoms with Crippen LogP contribution in [0.15, 0.2) is 17.0 Å². The van der Waals surface area contributed by atoms with E-state index in [0.29, 0.717) is 19.3 Å². The molecule has 0 radical (unpaired) electrons. The second-order valence-corrected chi connectivity index (χ2v) is 7.76. The van der Waals surface area contributed by atoms with Crippen LogP contribution in [0.3, 0.4) is 0 Å². The number of carbonyl (C=O) groups excluding carboxylic acids is 1. The Bertz CT molecular complexity index is 786. The predicted molar refractivity (Wildman–Crippen MR) is 95.0 cm³/mol. The average molecular weight is 387 g/mol. The molecule has 10 nitrogen and oxygen atoms in total. The summed E-state index contributed by atoms with van der Waals surface area (Å²) < 4.78 is 23.5. The van der Waals surface area contributed by atoms with Gasteiger partial charge in [-0.15, -0.1) is 0 Å². The maximum absolute atomic E-state index is 12.4. The number of unbranched alkanes of at least 4 members (excludes halogenated alkanes) is 1. The van der Waals surface area contributed by atoms with Gasteiger partial charge in [0.15, 0.2) is 9.84 Å². The molecule has 0 saturated carbocycles. The number of nitro benzene ring substituents is 2. The average Bonchev–Trinajstić information content (AvgIpc) is 2.53. The van der Waals surface area contributed by atoms with Gasteiger partial charge in [-0.25, -0.2) is 8.42 Å². The van der Waals surface area contributed by atoms with Crippen LogP contribution < -0.4 is 4.90 Å². The van der Waals surface area contributed by atoms with Gasteiger partial charge >= 0.3 is 11.4 Å². The molecule has 0 aliphatic rings. The van der Waals surface area contributed by atoms with Gasteiger partial charge in [-0.3, -0.25) is 25.0 Å². The number of sulfone groups is 1. The summed E-state index contributed by atoms with van der Waals surface area (Å²) in [4.78, 5) is 34.1. The number of anilines is 1. The van der Waals surface area contributed by atoms with Gasteiger partial charge in [-0.1, -0.05) is 20.3 Å². The fraction of sp³-hybridized carbons (Fsp3) is 0.533. The van der Waals surface area contributed by atoms with Gasteiger partial charge in [0, 0.05) is 31.4 Å². The summed E-state index contributed by atoms with van der Waals surface area (Å²) in [5.41, 5.74) is -2.03. The van der Waals surface area contributed by atoms with Crippen molar-refractivity contribution in [3.63, 3.8) is 0 Å². The second-order valence-electron chi connectivity index (χ2n) is 5.75. The van der Waals surface area contributed by atoms with Gasteiger partial charge in [0.1, 0.15) is 0 Å². The number of nitro groups is 2. The molecule has 11 heteroatoms. The summed E-state index contributed by atoms with van der Waals surface area (Å²) in [7, 11) is -3.92. The highest BCUT2D eigenvalue weighted by Gasteiger charge is 2.35. The first-order valence-corrected chi connectivity index (χ1v) is 9.90. The Morgan fingerprint density at radius 2 is 1.58 bits per heavy atom. The van der Waals surface area contributed by atoms with Crippen molar-refractivity contribution in [2.75, 3.05) is 17.7 Å². The molecule has 0 spiro atoms. The van der Waals surface area contributed by atoms with E-state index in [4.69, 9.17) is 0 Å². The Hall–Kier alpha value is -2.56. The van der Waals surface area contributed by atoms with Gasteiger partial charge in [0.25, 0.3) is 0 Å². The minimum atomic E-state index is -3.92. The van der Waals surface area contributed by atoms with Crippen LogP contribution in [-0.4, -0.2) is 37.0 Å². The molecule has 1 aromatic rings. The van der Waals surface area contributed by atoms with Crippen molar-refractivity contribution >= 4 is 32.8 Å². The molecule has 0 N–H and O–H groups in total. The highest BCUT2D eigenvalue weighted by Crippen LogP contribution is 2.40. The maximum atomic E-state index is 12.4. The summed E-state index contributed by atoms with van der Waals surface area (Å²) in [6, 6.07) is 1.52. The minimum Gasteiger partial charge on any atom is -0.301 e. The topological polar surface area (TPSA) is 141 Å². The lowest BCUT2D eigenvalue weighted by atomic mass is 10.1. The fourth-order valence-corrected chi connectivity index (χ4v) is 3.03. The normalized spacial score (nSPS) is 11.2. The molecular weight excluding hydrogens is 366 g/mol. The predicted octanol–water partition coefficient (Wildman–Crippen LogP) is 2.84. The summed E-state index contributed by atoms with van der Waals surface area (Å²) in [6.45, 7) is 3.65. The van der Waals surface area contributed by atoms with Crippen molar-refractivity contribution in [1.82, 2.24) is 0 Å². The van der Waals surface area contributed by atoms with Gasteiger partial charge in [0.2, 0.25) is 11.6 Å². The third-order valence-electron chi connectivity index (χ3n) is 3.63. The van der Waals surface area contributed by atoms with Crippen molar-refractivity contribution in [1.29, 1.82) is 0 Å². The van der Waals surface area contributed by atoms with E-state index < -0.39 is 47.5 Å². The van der Waals surface area contributed by atoms with Crippen LogP contribution in [0.2, 0.25) is 0 Å². The Morgan fingerprint density at radius 1 is 1.08 bits per heavy atom. The second kappa shape index (κ2) is 8.70. The molecule has 0 fully saturated rings. The minimum absolute atomic E-state index is 0.0614. The van der Waals surface area contributed by atoms with Gasteiger partial charge in [-0.2, -0.15) is 0 Å². The molecule has 144 valence electrons. The lowest BCUT2D eigenvalue weighted by Gasteiger charge is -2.22. The molecule has 0 aromatic heterocycles. The maximum Gasteiger partial charge on any atom is 0.301 e. The van der Waals surface area contributed by atoms with Crippen molar-refractivity contribution in [2.45, 2.75) is 44.4 Å². The van der Waals surface area contributed by atoms with Crippen LogP contribution in [0.25, 0.3) is 0 Å². The highest BCUT2D eigenvalue weighted by molar-refractivity contribution is 7.90. The number of nitrogens with zero attached hydrogens (tertiary/aromatic N) is 3. The van der Waals surface area contributed by atoms with Crippen LogP contribution in [0.1, 0.15) is 39.5 Å². The van der Waals surface area contributed by atoms with E-state index in [9.17, 15) is 33.4 Å². The monoisotopic (exact) mass is 387 g/mol. The van der Waals surface area contributed by atoms with Gasteiger partial charge < -0.3 is 4.90 Å². The number of benzene rings is 1. The third kappa shape index (κ3) is 4.97. The molecule has 0 bridgehead atoms.